The second kappa shape index (κ2) is 5.57. The van der Waals surface area contributed by atoms with Crippen LogP contribution in [0.4, 0.5) is 4.39 Å². The van der Waals surface area contributed by atoms with Crippen molar-refractivity contribution in [1.29, 1.82) is 0 Å². The van der Waals surface area contributed by atoms with Gasteiger partial charge in [-0.3, -0.25) is 13.8 Å². The maximum Gasteiger partial charge on any atom is 0.271 e. The van der Waals surface area contributed by atoms with Gasteiger partial charge in [-0.2, -0.15) is 0 Å². The zero-order valence-electron chi connectivity index (χ0n) is 11.2. The largest absolute Gasteiger partial charge is 0.354 e. The van der Waals surface area contributed by atoms with Gasteiger partial charge in [-0.25, -0.2) is 4.39 Å². The summed E-state index contributed by atoms with van der Waals surface area (Å²) in [7, 11) is 1.48. The molecule has 3 rings (SSSR count). The lowest BCUT2D eigenvalue weighted by Crippen LogP contribution is -2.21. The van der Waals surface area contributed by atoms with Crippen LogP contribution in [-0.4, -0.2) is 21.9 Å². The Bertz CT molecular complexity index is 801. The van der Waals surface area contributed by atoms with Crippen LogP contribution in [-0.2, 0) is 0 Å². The van der Waals surface area contributed by atoms with Crippen LogP contribution >= 0.6 is 11.9 Å². The van der Waals surface area contributed by atoms with E-state index in [-0.39, 0.29) is 11.2 Å². The molecule has 21 heavy (non-hydrogen) atoms. The van der Waals surface area contributed by atoms with E-state index in [0.29, 0.717) is 5.52 Å². The number of fused-ring (bicyclic) bond motifs is 1. The SMILES string of the molecule is CNC(=O)c1c(F)c2ncccc2n1Sc1ccccc1. The number of carbonyl (C=O) groups is 1. The molecule has 1 amide bonds. The van der Waals surface area contributed by atoms with Crippen molar-refractivity contribution >= 4 is 28.9 Å². The first-order valence-electron chi connectivity index (χ1n) is 6.32. The summed E-state index contributed by atoms with van der Waals surface area (Å²) in [5.74, 6) is -1.08. The maximum absolute atomic E-state index is 14.5. The number of amides is 1. The van der Waals surface area contributed by atoms with Crippen LogP contribution in [0, 0.1) is 5.82 Å². The van der Waals surface area contributed by atoms with E-state index in [1.807, 2.05) is 30.3 Å². The van der Waals surface area contributed by atoms with Crippen LogP contribution in [0.2, 0.25) is 0 Å². The van der Waals surface area contributed by atoms with Gasteiger partial charge < -0.3 is 5.32 Å². The molecule has 1 aromatic carbocycles. The highest BCUT2D eigenvalue weighted by Crippen LogP contribution is 2.31. The average molecular weight is 301 g/mol. The topological polar surface area (TPSA) is 46.9 Å². The Morgan fingerprint density at radius 3 is 2.71 bits per heavy atom. The van der Waals surface area contributed by atoms with Crippen LogP contribution < -0.4 is 5.32 Å². The molecule has 4 nitrogen and oxygen atoms in total. The summed E-state index contributed by atoms with van der Waals surface area (Å²) in [6, 6.07) is 13.0. The number of hydrogen-bond acceptors (Lipinski definition) is 3. The van der Waals surface area contributed by atoms with Gasteiger partial charge >= 0.3 is 0 Å². The third-order valence-electron chi connectivity index (χ3n) is 3.01. The first-order valence-corrected chi connectivity index (χ1v) is 7.10. The van der Waals surface area contributed by atoms with Crippen molar-refractivity contribution in [3.63, 3.8) is 0 Å². The van der Waals surface area contributed by atoms with Crippen molar-refractivity contribution in [2.45, 2.75) is 4.90 Å². The number of pyridine rings is 1. The lowest BCUT2D eigenvalue weighted by Gasteiger charge is -2.08. The molecule has 0 unspecified atom stereocenters. The summed E-state index contributed by atoms with van der Waals surface area (Å²) in [6.07, 6.45) is 1.51. The molecular formula is C15H12FN3OS. The number of nitrogens with one attached hydrogen (secondary N) is 1. The first kappa shape index (κ1) is 13.6. The fourth-order valence-corrected chi connectivity index (χ4v) is 3.03. The normalized spacial score (nSPS) is 10.8. The summed E-state index contributed by atoms with van der Waals surface area (Å²) in [4.78, 5) is 16.9. The number of hydrogen-bond donors (Lipinski definition) is 1. The van der Waals surface area contributed by atoms with Crippen molar-refractivity contribution in [2.24, 2.45) is 0 Å². The van der Waals surface area contributed by atoms with E-state index in [0.717, 1.165) is 4.90 Å². The number of halogens is 1. The molecule has 106 valence electrons. The highest BCUT2D eigenvalue weighted by molar-refractivity contribution is 7.98. The van der Waals surface area contributed by atoms with Crippen LogP contribution in [0.15, 0.2) is 53.6 Å². The average Bonchev–Trinajstić information content (AvgIpc) is 2.81. The zero-order valence-corrected chi connectivity index (χ0v) is 12.0. The molecular weight excluding hydrogens is 289 g/mol. The number of benzene rings is 1. The number of nitrogens with zero attached hydrogens (tertiary/aromatic N) is 2. The van der Waals surface area contributed by atoms with Crippen molar-refractivity contribution in [1.82, 2.24) is 14.3 Å². The first-order chi connectivity index (χ1) is 10.2. The number of rotatable bonds is 3. The lowest BCUT2D eigenvalue weighted by molar-refractivity contribution is 0.0954. The molecule has 2 heterocycles. The van der Waals surface area contributed by atoms with Crippen LogP contribution in [0.25, 0.3) is 11.0 Å². The predicted octanol–water partition coefficient (Wildman–Crippen LogP) is 3.09. The standard InChI is InChI=1S/C15H12FN3OS/c1-17-15(20)14-12(16)13-11(8-5-9-18-13)19(14)21-10-6-3-2-4-7-10/h2-9H,1H3,(H,17,20). The molecule has 3 aromatic rings. The molecule has 0 fully saturated rings. The van der Waals surface area contributed by atoms with E-state index in [1.54, 1.807) is 16.1 Å². The van der Waals surface area contributed by atoms with E-state index in [2.05, 4.69) is 10.3 Å². The minimum atomic E-state index is -0.603. The van der Waals surface area contributed by atoms with Crippen LogP contribution in [0.1, 0.15) is 10.5 Å². The smallest absolute Gasteiger partial charge is 0.271 e. The van der Waals surface area contributed by atoms with E-state index in [4.69, 9.17) is 0 Å². The molecule has 0 aliphatic heterocycles. The van der Waals surface area contributed by atoms with Gasteiger partial charge in [-0.15, -0.1) is 0 Å². The fraction of sp³-hybridized carbons (Fsp3) is 0.0667. The summed E-state index contributed by atoms with van der Waals surface area (Å²) in [6.45, 7) is 0. The Morgan fingerprint density at radius 2 is 2.00 bits per heavy atom. The molecule has 0 saturated carbocycles. The van der Waals surface area contributed by atoms with Gasteiger partial charge in [0, 0.05) is 18.1 Å². The molecule has 6 heteroatoms. The van der Waals surface area contributed by atoms with Crippen molar-refractivity contribution in [3.05, 3.63) is 60.2 Å². The van der Waals surface area contributed by atoms with E-state index in [9.17, 15) is 9.18 Å². The molecule has 0 spiro atoms. The van der Waals surface area contributed by atoms with Gasteiger partial charge in [0.2, 0.25) is 0 Å². The predicted molar refractivity (Wildman–Crippen MR) is 80.8 cm³/mol. The van der Waals surface area contributed by atoms with Gasteiger partial charge in [0.15, 0.2) is 11.5 Å². The molecule has 2 aromatic heterocycles. The van der Waals surface area contributed by atoms with Crippen molar-refractivity contribution in [3.8, 4) is 0 Å². The molecule has 0 saturated heterocycles. The van der Waals surface area contributed by atoms with Gasteiger partial charge in [0.1, 0.15) is 5.52 Å². The van der Waals surface area contributed by atoms with E-state index >= 15 is 0 Å². The minimum Gasteiger partial charge on any atom is -0.354 e. The van der Waals surface area contributed by atoms with Crippen molar-refractivity contribution in [2.75, 3.05) is 7.05 Å². The third kappa shape index (κ3) is 2.38. The molecule has 0 atom stereocenters. The Morgan fingerprint density at radius 1 is 1.24 bits per heavy atom. The monoisotopic (exact) mass is 301 g/mol. The third-order valence-corrected chi connectivity index (χ3v) is 4.05. The van der Waals surface area contributed by atoms with Crippen molar-refractivity contribution < 1.29 is 9.18 Å². The van der Waals surface area contributed by atoms with Crippen LogP contribution in [0.5, 0.6) is 0 Å². The summed E-state index contributed by atoms with van der Waals surface area (Å²) in [5, 5.41) is 2.47. The summed E-state index contributed by atoms with van der Waals surface area (Å²) < 4.78 is 16.0. The van der Waals surface area contributed by atoms with Gasteiger partial charge in [-0.1, -0.05) is 18.2 Å². The minimum absolute atomic E-state index is 0.0277. The molecule has 0 aliphatic carbocycles. The molecule has 0 bridgehead atoms. The quantitative estimate of drug-likeness (QED) is 0.808. The second-order valence-electron chi connectivity index (χ2n) is 4.31. The Labute approximate surface area is 125 Å². The summed E-state index contributed by atoms with van der Waals surface area (Å²) >= 11 is 1.28. The molecule has 0 aliphatic rings. The summed E-state index contributed by atoms with van der Waals surface area (Å²) in [5.41, 5.74) is 0.738. The fourth-order valence-electron chi connectivity index (χ4n) is 2.04. The second-order valence-corrected chi connectivity index (χ2v) is 5.33. The van der Waals surface area contributed by atoms with Crippen LogP contribution in [0.3, 0.4) is 0 Å². The Hall–Kier alpha value is -2.34. The lowest BCUT2D eigenvalue weighted by atomic mass is 10.3. The highest BCUT2D eigenvalue weighted by atomic mass is 32.2. The number of aromatic nitrogens is 2. The van der Waals surface area contributed by atoms with E-state index < -0.39 is 11.7 Å². The Balaban J connectivity index is 2.21. The van der Waals surface area contributed by atoms with Gasteiger partial charge in [-0.05, 0) is 36.2 Å². The highest BCUT2D eigenvalue weighted by Gasteiger charge is 2.24. The Kier molecular flexibility index (Phi) is 3.62. The number of carbonyl (C=O) groups excluding carboxylic acids is 1. The van der Waals surface area contributed by atoms with Gasteiger partial charge in [0.05, 0.1) is 5.52 Å². The van der Waals surface area contributed by atoms with E-state index in [1.165, 1.54) is 25.2 Å². The molecule has 1 N–H and O–H groups in total. The molecule has 0 radical (unpaired) electrons. The maximum atomic E-state index is 14.5. The van der Waals surface area contributed by atoms with Gasteiger partial charge in [0.25, 0.3) is 5.91 Å². The zero-order chi connectivity index (χ0) is 14.8.